The normalized spacial score (nSPS) is 11.8. The Morgan fingerprint density at radius 3 is 2.61 bits per heavy atom. The minimum atomic E-state index is -0.744. The molecule has 4 aromatic rings. The maximum absolute atomic E-state index is 14.3. The van der Waals surface area contributed by atoms with Crippen LogP contribution in [0.1, 0.15) is 75.6 Å². The molecule has 0 spiro atoms. The van der Waals surface area contributed by atoms with Crippen molar-refractivity contribution in [3.8, 4) is 33.1 Å². The van der Waals surface area contributed by atoms with Crippen molar-refractivity contribution in [1.29, 1.82) is 0 Å². The molecule has 4 N–H and O–H groups in total. The zero-order chi connectivity index (χ0) is 32.6. The van der Waals surface area contributed by atoms with Gasteiger partial charge in [-0.05, 0) is 71.8 Å². The minimum Gasteiger partial charge on any atom is -0.493 e. The van der Waals surface area contributed by atoms with Crippen LogP contribution in [-0.2, 0) is 17.7 Å². The molecule has 1 aliphatic rings. The number of pyridine rings is 1. The number of unbranched alkanes of at least 4 members (excludes halogenated alkanes) is 1. The first-order chi connectivity index (χ1) is 22.4. The number of carbonyl (C=O) groups is 3. The number of hydrogen-bond donors (Lipinski definition) is 3. The summed E-state index contributed by atoms with van der Waals surface area (Å²) in [5, 5.41) is 7.83. The third kappa shape index (κ3) is 7.05. The number of ether oxygens (including phenoxy) is 3. The third-order valence-corrected chi connectivity index (χ3v) is 8.59. The molecular formula is C35H38N4O6S. The smallest absolute Gasteiger partial charge is 0.357 e. The van der Waals surface area contributed by atoms with Crippen molar-refractivity contribution < 1.29 is 28.6 Å². The molecule has 0 unspecified atom stereocenters. The highest BCUT2D eigenvalue weighted by Gasteiger charge is 2.27. The standard InChI is InChI=1S/C35H38N4O6S/c1-4-6-14-44-30-17-21(20-36)7-9-27(30)39-33(40)25-18-26-29(45-15-11-22-12-16-46-32(22)26)19-24(25)23-8-10-28(34(41)37-13-5-2)38-31(23)35(42)43-3/h7-10,12,16-19H,4-6,11,13-15,20,36H2,1-3H3,(H,37,41)(H,39,40). The number of thiophene rings is 1. The number of benzene rings is 2. The number of amides is 2. The fourth-order valence-electron chi connectivity index (χ4n) is 5.14. The first-order valence-electron chi connectivity index (χ1n) is 15.4. The van der Waals surface area contributed by atoms with Gasteiger partial charge in [-0.15, -0.1) is 11.3 Å². The topological polar surface area (TPSA) is 142 Å². The minimum absolute atomic E-state index is 0.0618. The molecule has 3 heterocycles. The molecule has 0 bridgehead atoms. The fraction of sp³-hybridized carbons (Fsp3) is 0.314. The summed E-state index contributed by atoms with van der Waals surface area (Å²) in [7, 11) is 1.24. The molecule has 0 atom stereocenters. The van der Waals surface area contributed by atoms with Crippen molar-refractivity contribution in [1.82, 2.24) is 10.3 Å². The highest BCUT2D eigenvalue weighted by molar-refractivity contribution is 7.13. The van der Waals surface area contributed by atoms with Gasteiger partial charge >= 0.3 is 5.97 Å². The van der Waals surface area contributed by atoms with Crippen molar-refractivity contribution >= 4 is 34.8 Å². The molecule has 0 radical (unpaired) electrons. The number of hydrogen-bond acceptors (Lipinski definition) is 9. The van der Waals surface area contributed by atoms with E-state index in [1.807, 2.05) is 24.4 Å². The molecule has 0 saturated carbocycles. The molecule has 11 heteroatoms. The summed E-state index contributed by atoms with van der Waals surface area (Å²) >= 11 is 1.57. The number of nitrogens with zero attached hydrogens (tertiary/aromatic N) is 1. The number of carbonyl (C=O) groups excluding carboxylic acids is 3. The van der Waals surface area contributed by atoms with Crippen LogP contribution in [0, 0.1) is 0 Å². The van der Waals surface area contributed by atoms with Gasteiger partial charge in [0.25, 0.3) is 11.8 Å². The summed E-state index contributed by atoms with van der Waals surface area (Å²) in [4.78, 5) is 45.6. The van der Waals surface area contributed by atoms with Gasteiger partial charge in [0.1, 0.15) is 17.2 Å². The first-order valence-corrected chi connectivity index (χ1v) is 16.3. The van der Waals surface area contributed by atoms with E-state index in [2.05, 4.69) is 28.6 Å². The Labute approximate surface area is 272 Å². The van der Waals surface area contributed by atoms with Gasteiger partial charge in [0.05, 0.1) is 26.0 Å². The van der Waals surface area contributed by atoms with Crippen molar-refractivity contribution in [3.63, 3.8) is 0 Å². The van der Waals surface area contributed by atoms with E-state index in [9.17, 15) is 14.4 Å². The molecule has 1 aliphatic heterocycles. The molecule has 240 valence electrons. The van der Waals surface area contributed by atoms with Crippen LogP contribution in [0.4, 0.5) is 5.69 Å². The molecule has 0 fully saturated rings. The van der Waals surface area contributed by atoms with Gasteiger partial charge in [0, 0.05) is 46.6 Å². The Kier molecular flexibility index (Phi) is 10.7. The van der Waals surface area contributed by atoms with E-state index in [1.54, 1.807) is 35.6 Å². The van der Waals surface area contributed by atoms with E-state index in [-0.39, 0.29) is 17.0 Å². The summed E-state index contributed by atoms with van der Waals surface area (Å²) in [6.07, 6.45) is 3.27. The van der Waals surface area contributed by atoms with Gasteiger partial charge in [-0.3, -0.25) is 9.59 Å². The summed E-state index contributed by atoms with van der Waals surface area (Å²) < 4.78 is 17.3. The highest BCUT2D eigenvalue weighted by atomic mass is 32.1. The van der Waals surface area contributed by atoms with E-state index in [4.69, 9.17) is 19.9 Å². The molecular weight excluding hydrogens is 604 g/mol. The van der Waals surface area contributed by atoms with Crippen molar-refractivity contribution in [3.05, 3.63) is 82.0 Å². The number of methoxy groups -OCH3 is 1. The Balaban J connectivity index is 1.65. The van der Waals surface area contributed by atoms with Gasteiger partial charge in [-0.2, -0.15) is 0 Å². The second kappa shape index (κ2) is 15.0. The fourth-order valence-corrected chi connectivity index (χ4v) is 6.12. The number of esters is 1. The number of nitrogens with two attached hydrogens (primary N) is 1. The van der Waals surface area contributed by atoms with Crippen LogP contribution in [-0.4, -0.2) is 49.6 Å². The maximum atomic E-state index is 14.3. The zero-order valence-electron chi connectivity index (χ0n) is 26.2. The van der Waals surface area contributed by atoms with E-state index < -0.39 is 17.8 Å². The third-order valence-electron chi connectivity index (χ3n) is 7.60. The van der Waals surface area contributed by atoms with Crippen molar-refractivity contribution in [2.24, 2.45) is 5.73 Å². The molecule has 10 nitrogen and oxygen atoms in total. The van der Waals surface area contributed by atoms with Gasteiger partial charge in [0.15, 0.2) is 5.69 Å². The summed E-state index contributed by atoms with van der Waals surface area (Å²) in [6, 6.07) is 14.2. The Bertz CT molecular complexity index is 1750. The molecule has 46 heavy (non-hydrogen) atoms. The largest absolute Gasteiger partial charge is 0.493 e. The molecule has 2 aromatic heterocycles. The van der Waals surface area contributed by atoms with Crippen molar-refractivity contribution in [2.45, 2.75) is 46.1 Å². The van der Waals surface area contributed by atoms with E-state index >= 15 is 0 Å². The van der Waals surface area contributed by atoms with Gasteiger partial charge in [-0.1, -0.05) is 26.3 Å². The van der Waals surface area contributed by atoms with Gasteiger partial charge in [0.2, 0.25) is 0 Å². The lowest BCUT2D eigenvalue weighted by Crippen LogP contribution is -2.26. The predicted molar refractivity (Wildman–Crippen MR) is 179 cm³/mol. The van der Waals surface area contributed by atoms with Crippen molar-refractivity contribution in [2.75, 3.05) is 32.2 Å². The van der Waals surface area contributed by atoms with Crippen LogP contribution < -0.4 is 25.8 Å². The van der Waals surface area contributed by atoms with Crippen LogP contribution in [0.15, 0.2) is 53.9 Å². The Morgan fingerprint density at radius 1 is 1.00 bits per heavy atom. The second-order valence-corrected chi connectivity index (χ2v) is 11.7. The monoisotopic (exact) mass is 642 g/mol. The summed E-state index contributed by atoms with van der Waals surface area (Å²) in [6.45, 7) is 5.74. The van der Waals surface area contributed by atoms with Gasteiger partial charge < -0.3 is 30.6 Å². The van der Waals surface area contributed by atoms with Crippen LogP contribution >= 0.6 is 11.3 Å². The average molecular weight is 643 g/mol. The van der Waals surface area contributed by atoms with E-state index in [1.165, 1.54) is 13.2 Å². The molecule has 2 amide bonds. The number of rotatable bonds is 12. The van der Waals surface area contributed by atoms with E-state index in [0.717, 1.165) is 40.8 Å². The summed E-state index contributed by atoms with van der Waals surface area (Å²) in [5.41, 5.74) is 10.1. The van der Waals surface area contributed by atoms with Crippen LogP contribution in [0.25, 0.3) is 21.6 Å². The quantitative estimate of drug-likeness (QED) is 0.122. The highest BCUT2D eigenvalue weighted by Crippen LogP contribution is 2.43. The molecule has 0 saturated heterocycles. The first kappa shape index (κ1) is 32.6. The molecule has 0 aliphatic carbocycles. The second-order valence-electron chi connectivity index (χ2n) is 10.8. The molecule has 2 aromatic carbocycles. The number of aromatic nitrogens is 1. The predicted octanol–water partition coefficient (Wildman–Crippen LogP) is 6.23. The number of nitrogens with one attached hydrogen (secondary N) is 2. The lowest BCUT2D eigenvalue weighted by atomic mass is 9.93. The lowest BCUT2D eigenvalue weighted by molar-refractivity contribution is 0.0594. The molecule has 5 rings (SSSR count). The van der Waals surface area contributed by atoms with Gasteiger partial charge in [-0.25, -0.2) is 9.78 Å². The number of anilines is 1. The van der Waals surface area contributed by atoms with Crippen LogP contribution in [0.3, 0.4) is 0 Å². The maximum Gasteiger partial charge on any atom is 0.357 e. The Hall–Kier alpha value is -4.74. The average Bonchev–Trinajstić information content (AvgIpc) is 3.48. The van der Waals surface area contributed by atoms with Crippen LogP contribution in [0.2, 0.25) is 0 Å². The SMILES string of the molecule is CCCCOc1cc(CN)ccc1NC(=O)c1cc2c(cc1-c1ccc(C(=O)NCCC)nc1C(=O)OC)OCCc1ccsc1-2. The van der Waals surface area contributed by atoms with Crippen LogP contribution in [0.5, 0.6) is 11.5 Å². The Morgan fingerprint density at radius 2 is 1.85 bits per heavy atom. The van der Waals surface area contributed by atoms with E-state index in [0.29, 0.717) is 61.0 Å². The number of fused-ring (bicyclic) bond motifs is 3. The lowest BCUT2D eigenvalue weighted by Gasteiger charge is -2.18. The zero-order valence-corrected chi connectivity index (χ0v) is 27.1. The summed E-state index contributed by atoms with van der Waals surface area (Å²) in [5.74, 6) is -0.495.